The Kier molecular flexibility index (Phi) is 5.38. The number of hydrogen-bond acceptors (Lipinski definition) is 4. The summed E-state index contributed by atoms with van der Waals surface area (Å²) >= 11 is 1.19. The van der Waals surface area contributed by atoms with E-state index in [4.69, 9.17) is 0 Å². The highest BCUT2D eigenvalue weighted by molar-refractivity contribution is 7.98. The fourth-order valence-corrected chi connectivity index (χ4v) is 5.62. The van der Waals surface area contributed by atoms with Gasteiger partial charge in [-0.3, -0.25) is 14.7 Å². The van der Waals surface area contributed by atoms with E-state index < -0.39 is 34.7 Å². The zero-order valence-electron chi connectivity index (χ0n) is 18.3. The molecule has 0 aromatic carbocycles. The molecule has 2 aromatic heterocycles. The van der Waals surface area contributed by atoms with Gasteiger partial charge >= 0.3 is 6.18 Å². The monoisotopic (exact) mass is 503 g/mol. The fraction of sp³-hybridized carbons (Fsp3) is 0.591. The molecule has 12 heteroatoms. The van der Waals surface area contributed by atoms with E-state index in [1.807, 2.05) is 0 Å². The van der Waals surface area contributed by atoms with E-state index in [9.17, 15) is 32.0 Å². The smallest absolute Gasteiger partial charge is 0.320 e. The van der Waals surface area contributed by atoms with Gasteiger partial charge in [0.25, 0.3) is 10.9 Å². The Balaban J connectivity index is 1.51. The molecule has 2 heterocycles. The van der Waals surface area contributed by atoms with Crippen molar-refractivity contribution < 1.29 is 36.7 Å². The SMILES string of the molecule is CSc1cc(NC(=O)c2c(C(F)(F)F)c(C3CC3)nn2CC23CCC(F)(F)CC2C3)cc[n+]1O. The van der Waals surface area contributed by atoms with Gasteiger partial charge in [-0.05, 0) is 43.3 Å². The van der Waals surface area contributed by atoms with Crippen LogP contribution in [0.1, 0.15) is 66.2 Å². The lowest BCUT2D eigenvalue weighted by molar-refractivity contribution is -0.932. The molecule has 0 radical (unpaired) electrons. The van der Waals surface area contributed by atoms with Crippen LogP contribution < -0.4 is 10.0 Å². The Hall–Kier alpha value is -2.37. The normalized spacial score (nSPS) is 25.6. The van der Waals surface area contributed by atoms with Crippen LogP contribution in [-0.4, -0.2) is 33.1 Å². The molecule has 2 N–H and O–H groups in total. The summed E-state index contributed by atoms with van der Waals surface area (Å²) in [5.74, 6) is -4.37. The molecule has 184 valence electrons. The Bertz CT molecular complexity index is 1150. The summed E-state index contributed by atoms with van der Waals surface area (Å²) in [7, 11) is 0. The van der Waals surface area contributed by atoms with Crippen molar-refractivity contribution in [2.24, 2.45) is 11.3 Å². The van der Waals surface area contributed by atoms with E-state index in [2.05, 4.69) is 10.4 Å². The number of amides is 1. The first-order valence-electron chi connectivity index (χ1n) is 11.1. The van der Waals surface area contributed by atoms with E-state index in [1.54, 1.807) is 6.26 Å². The third-order valence-corrected chi connectivity index (χ3v) is 7.89. The maximum Gasteiger partial charge on any atom is 0.420 e. The van der Waals surface area contributed by atoms with Crippen LogP contribution in [0.3, 0.4) is 0 Å². The van der Waals surface area contributed by atoms with Gasteiger partial charge in [-0.25, -0.2) is 8.78 Å². The lowest BCUT2D eigenvalue weighted by Gasteiger charge is -2.28. The number of aromatic nitrogens is 3. The summed E-state index contributed by atoms with van der Waals surface area (Å²) in [5.41, 5.74) is -2.10. The molecule has 0 aliphatic heterocycles. The van der Waals surface area contributed by atoms with Crippen LogP contribution in [0.4, 0.5) is 27.6 Å². The second-order valence-electron chi connectivity index (χ2n) is 9.62. The van der Waals surface area contributed by atoms with Gasteiger partial charge in [0.15, 0.2) is 0 Å². The van der Waals surface area contributed by atoms with Gasteiger partial charge in [-0.2, -0.15) is 18.3 Å². The minimum absolute atomic E-state index is 0.00773. The zero-order chi connectivity index (χ0) is 24.5. The first kappa shape index (κ1) is 23.4. The number of rotatable bonds is 6. The predicted molar refractivity (Wildman–Crippen MR) is 112 cm³/mol. The van der Waals surface area contributed by atoms with Crippen molar-refractivity contribution >= 4 is 23.4 Å². The quantitative estimate of drug-likeness (QED) is 0.249. The second kappa shape index (κ2) is 7.82. The lowest BCUT2D eigenvalue weighted by atomic mass is 9.86. The maximum absolute atomic E-state index is 14.2. The molecular weight excluding hydrogens is 479 g/mol. The molecule has 0 saturated heterocycles. The molecule has 0 bridgehead atoms. The molecule has 2 aromatic rings. The van der Waals surface area contributed by atoms with Crippen LogP contribution in [0.5, 0.6) is 0 Å². The van der Waals surface area contributed by atoms with E-state index in [0.29, 0.717) is 24.3 Å². The van der Waals surface area contributed by atoms with Crippen molar-refractivity contribution in [2.45, 2.75) is 68.1 Å². The molecule has 3 fully saturated rings. The molecule has 5 rings (SSSR count). The zero-order valence-corrected chi connectivity index (χ0v) is 19.1. The summed E-state index contributed by atoms with van der Waals surface area (Å²) in [6, 6.07) is 2.81. The third-order valence-electron chi connectivity index (χ3n) is 7.17. The van der Waals surface area contributed by atoms with Crippen LogP contribution in [-0.2, 0) is 12.7 Å². The van der Waals surface area contributed by atoms with Crippen molar-refractivity contribution in [3.05, 3.63) is 35.3 Å². The Labute approximate surface area is 196 Å². The van der Waals surface area contributed by atoms with Crippen molar-refractivity contribution in [1.29, 1.82) is 0 Å². The van der Waals surface area contributed by atoms with E-state index in [1.165, 1.54) is 30.1 Å². The topological polar surface area (TPSA) is 71.0 Å². The molecule has 6 nitrogen and oxygen atoms in total. The molecule has 2 atom stereocenters. The number of nitrogens with one attached hydrogen (secondary N) is 1. The molecule has 3 aliphatic carbocycles. The lowest BCUT2D eigenvalue weighted by Crippen LogP contribution is -2.32. The number of halogens is 5. The molecule has 1 amide bonds. The van der Waals surface area contributed by atoms with Gasteiger partial charge in [0.1, 0.15) is 11.3 Å². The van der Waals surface area contributed by atoms with Crippen LogP contribution >= 0.6 is 11.8 Å². The fourth-order valence-electron chi connectivity index (χ4n) is 5.13. The van der Waals surface area contributed by atoms with Gasteiger partial charge < -0.3 is 5.32 Å². The third kappa shape index (κ3) is 4.25. The number of carbonyl (C=O) groups excluding carboxylic acids is 1. The first-order chi connectivity index (χ1) is 15.9. The number of pyridine rings is 1. The molecule has 3 saturated carbocycles. The average molecular weight is 504 g/mol. The Morgan fingerprint density at radius 2 is 2.06 bits per heavy atom. The number of nitrogens with zero attached hydrogens (tertiary/aromatic N) is 3. The summed E-state index contributed by atoms with van der Waals surface area (Å²) in [6.07, 6.45) is -0.593. The van der Waals surface area contributed by atoms with Gasteiger partial charge in [0.2, 0.25) is 12.1 Å². The summed E-state index contributed by atoms with van der Waals surface area (Å²) in [4.78, 5) is 13.2. The van der Waals surface area contributed by atoms with Gasteiger partial charge in [0, 0.05) is 42.2 Å². The van der Waals surface area contributed by atoms with Crippen molar-refractivity contribution in [3.63, 3.8) is 0 Å². The highest BCUT2D eigenvalue weighted by atomic mass is 32.2. The van der Waals surface area contributed by atoms with Crippen LogP contribution in [0, 0.1) is 11.3 Å². The molecule has 2 unspecified atom stereocenters. The Morgan fingerprint density at radius 1 is 1.32 bits per heavy atom. The number of alkyl halides is 5. The highest BCUT2D eigenvalue weighted by Crippen LogP contribution is 2.65. The minimum atomic E-state index is -4.79. The number of anilines is 1. The largest absolute Gasteiger partial charge is 0.420 e. The average Bonchev–Trinajstić information content (AvgIpc) is 3.65. The number of thioether (sulfide) groups is 1. The van der Waals surface area contributed by atoms with Crippen LogP contribution in [0.25, 0.3) is 0 Å². The van der Waals surface area contributed by atoms with Crippen LogP contribution in [0.15, 0.2) is 23.4 Å². The van der Waals surface area contributed by atoms with Crippen molar-refractivity contribution in [1.82, 2.24) is 9.78 Å². The number of hydrogen-bond donors (Lipinski definition) is 2. The summed E-state index contributed by atoms with van der Waals surface area (Å²) in [6.45, 7) is 0.00773. The number of carbonyl (C=O) groups is 1. The highest BCUT2D eigenvalue weighted by Gasteiger charge is 2.61. The standard InChI is InChI=1S/C22H23F5N4O2S/c1-34-15-8-14(4-7-31(15)33)28-19(32)18-16(22(25,26)27)17(12-2-3-12)29-30(18)11-20-5-6-21(23,24)10-13(20)9-20/h4,7-8,12-13,33H,2-3,5-6,9-11H2,1H3/p+1. The van der Waals surface area contributed by atoms with E-state index >= 15 is 0 Å². The van der Waals surface area contributed by atoms with Gasteiger partial charge in [-0.1, -0.05) is 11.8 Å². The maximum atomic E-state index is 14.2. The first-order valence-corrected chi connectivity index (χ1v) is 12.3. The summed E-state index contributed by atoms with van der Waals surface area (Å²) in [5, 5.41) is 16.9. The van der Waals surface area contributed by atoms with Gasteiger partial charge in [0.05, 0.1) is 11.4 Å². The van der Waals surface area contributed by atoms with E-state index in [-0.39, 0.29) is 49.0 Å². The predicted octanol–water partition coefficient (Wildman–Crippen LogP) is 5.10. The van der Waals surface area contributed by atoms with E-state index in [0.717, 1.165) is 9.41 Å². The summed E-state index contributed by atoms with van der Waals surface area (Å²) < 4.78 is 72.2. The second-order valence-corrected chi connectivity index (χ2v) is 10.4. The van der Waals surface area contributed by atoms with Crippen molar-refractivity contribution in [3.8, 4) is 0 Å². The molecular formula is C22H24F5N4O2S+. The number of fused-ring (bicyclic) bond motifs is 1. The Morgan fingerprint density at radius 3 is 2.68 bits per heavy atom. The van der Waals surface area contributed by atoms with Crippen molar-refractivity contribution in [2.75, 3.05) is 11.6 Å². The molecule has 0 spiro atoms. The molecule has 34 heavy (non-hydrogen) atoms. The van der Waals surface area contributed by atoms with Crippen LogP contribution in [0.2, 0.25) is 0 Å². The molecule has 3 aliphatic rings. The van der Waals surface area contributed by atoms with Gasteiger partial charge in [-0.15, -0.1) is 0 Å². The minimum Gasteiger partial charge on any atom is -0.320 e.